The minimum atomic E-state index is -0.173. The van der Waals surface area contributed by atoms with Gasteiger partial charge in [-0.2, -0.15) is 0 Å². The zero-order valence-electron chi connectivity index (χ0n) is 10.7. The van der Waals surface area contributed by atoms with Crippen LogP contribution in [0.4, 0.5) is 4.39 Å². The quantitative estimate of drug-likeness (QED) is 0.839. The number of aryl methyl sites for hydroxylation is 2. The molecule has 4 heteroatoms. The van der Waals surface area contributed by atoms with Crippen LogP contribution in [0, 0.1) is 19.7 Å². The summed E-state index contributed by atoms with van der Waals surface area (Å²) in [6, 6.07) is 4.91. The first-order valence-corrected chi connectivity index (χ1v) is 6.90. The second kappa shape index (κ2) is 6.07. The van der Waals surface area contributed by atoms with Gasteiger partial charge in [0.25, 0.3) is 0 Å². The highest BCUT2D eigenvalue weighted by Gasteiger charge is 2.01. The Kier molecular flexibility index (Phi) is 4.44. The minimum absolute atomic E-state index is 0.173. The van der Waals surface area contributed by atoms with E-state index in [9.17, 15) is 4.39 Å². The summed E-state index contributed by atoms with van der Waals surface area (Å²) in [5.74, 6) is -0.173. The number of benzene rings is 1. The molecule has 1 heterocycles. The van der Waals surface area contributed by atoms with Gasteiger partial charge in [-0.25, -0.2) is 9.37 Å². The Bertz CT molecular complexity index is 522. The molecule has 2 rings (SSSR count). The highest BCUT2D eigenvalue weighted by molar-refractivity contribution is 7.09. The Morgan fingerprint density at radius 2 is 2.17 bits per heavy atom. The van der Waals surface area contributed by atoms with Crippen LogP contribution in [0.1, 0.15) is 21.8 Å². The van der Waals surface area contributed by atoms with Crippen LogP contribution in [-0.4, -0.2) is 11.5 Å². The third-order valence-corrected chi connectivity index (χ3v) is 3.84. The first-order chi connectivity index (χ1) is 8.65. The predicted molar refractivity (Wildman–Crippen MR) is 73.4 cm³/mol. The maximum Gasteiger partial charge on any atom is 0.123 e. The lowest BCUT2D eigenvalue weighted by atomic mass is 10.1. The van der Waals surface area contributed by atoms with E-state index >= 15 is 0 Å². The van der Waals surface area contributed by atoms with E-state index in [-0.39, 0.29) is 5.82 Å². The molecule has 1 N–H and O–H groups in total. The lowest BCUT2D eigenvalue weighted by molar-refractivity contribution is 0.618. The zero-order chi connectivity index (χ0) is 13.0. The van der Waals surface area contributed by atoms with Gasteiger partial charge >= 0.3 is 0 Å². The maximum atomic E-state index is 13.1. The molecule has 96 valence electrons. The van der Waals surface area contributed by atoms with Crippen LogP contribution in [-0.2, 0) is 13.0 Å². The average molecular weight is 264 g/mol. The van der Waals surface area contributed by atoms with Crippen molar-refractivity contribution in [1.82, 2.24) is 10.3 Å². The molecule has 0 saturated carbocycles. The molecular formula is C14H17FN2S. The molecule has 0 aliphatic heterocycles. The minimum Gasteiger partial charge on any atom is -0.312 e. The number of nitrogens with zero attached hydrogens (tertiary/aromatic N) is 1. The topological polar surface area (TPSA) is 24.9 Å². The molecule has 0 saturated heterocycles. The molecular weight excluding hydrogens is 247 g/mol. The Hall–Kier alpha value is -1.26. The van der Waals surface area contributed by atoms with Gasteiger partial charge in [-0.05, 0) is 37.1 Å². The summed E-state index contributed by atoms with van der Waals surface area (Å²) in [4.78, 5) is 4.41. The molecule has 1 aromatic carbocycles. The summed E-state index contributed by atoms with van der Waals surface area (Å²) in [6.07, 6.45) is 0.923. The number of halogens is 1. The molecule has 0 aliphatic carbocycles. The van der Waals surface area contributed by atoms with Crippen LogP contribution in [0.15, 0.2) is 23.6 Å². The van der Waals surface area contributed by atoms with Gasteiger partial charge < -0.3 is 5.32 Å². The van der Waals surface area contributed by atoms with E-state index in [1.807, 2.05) is 19.9 Å². The smallest absolute Gasteiger partial charge is 0.123 e. The molecule has 2 aromatic rings. The van der Waals surface area contributed by atoms with Crippen molar-refractivity contribution in [3.05, 3.63) is 51.2 Å². The van der Waals surface area contributed by atoms with Gasteiger partial charge in [0, 0.05) is 30.6 Å². The van der Waals surface area contributed by atoms with Crippen LogP contribution in [0.25, 0.3) is 0 Å². The van der Waals surface area contributed by atoms with Gasteiger partial charge in [0.2, 0.25) is 0 Å². The van der Waals surface area contributed by atoms with E-state index in [2.05, 4.69) is 15.7 Å². The fourth-order valence-electron chi connectivity index (χ4n) is 1.77. The average Bonchev–Trinajstić information content (AvgIpc) is 2.75. The Labute approximate surface area is 111 Å². The van der Waals surface area contributed by atoms with Crippen molar-refractivity contribution in [2.45, 2.75) is 26.8 Å². The summed E-state index contributed by atoms with van der Waals surface area (Å²) >= 11 is 1.69. The zero-order valence-corrected chi connectivity index (χ0v) is 11.5. The molecule has 0 amide bonds. The van der Waals surface area contributed by atoms with E-state index in [0.717, 1.165) is 34.8 Å². The van der Waals surface area contributed by atoms with Gasteiger partial charge in [0.1, 0.15) is 5.82 Å². The van der Waals surface area contributed by atoms with Crippen LogP contribution in [0.2, 0.25) is 0 Å². The van der Waals surface area contributed by atoms with Crippen molar-refractivity contribution in [1.29, 1.82) is 0 Å². The number of thiazole rings is 1. The first kappa shape index (κ1) is 13.2. The summed E-state index contributed by atoms with van der Waals surface area (Å²) in [6.45, 7) is 5.57. The largest absolute Gasteiger partial charge is 0.312 e. The van der Waals surface area contributed by atoms with Gasteiger partial charge in [-0.3, -0.25) is 0 Å². The van der Waals surface area contributed by atoms with Crippen molar-refractivity contribution < 1.29 is 4.39 Å². The lowest BCUT2D eigenvalue weighted by Gasteiger charge is -2.07. The van der Waals surface area contributed by atoms with Crippen molar-refractivity contribution in [3.8, 4) is 0 Å². The summed E-state index contributed by atoms with van der Waals surface area (Å²) in [7, 11) is 0. The van der Waals surface area contributed by atoms with Crippen molar-refractivity contribution >= 4 is 11.3 Å². The van der Waals surface area contributed by atoms with E-state index < -0.39 is 0 Å². The van der Waals surface area contributed by atoms with E-state index in [1.54, 1.807) is 17.4 Å². The highest BCUT2D eigenvalue weighted by Crippen LogP contribution is 2.11. The fourth-order valence-corrected chi connectivity index (χ4v) is 2.54. The van der Waals surface area contributed by atoms with Crippen molar-refractivity contribution in [2.24, 2.45) is 0 Å². The maximum absolute atomic E-state index is 13.1. The number of hydrogen-bond donors (Lipinski definition) is 1. The number of aromatic nitrogens is 1. The van der Waals surface area contributed by atoms with E-state index in [1.165, 1.54) is 6.07 Å². The number of nitrogens with one attached hydrogen (secondary N) is 1. The number of rotatable bonds is 5. The number of hydrogen-bond acceptors (Lipinski definition) is 3. The summed E-state index contributed by atoms with van der Waals surface area (Å²) < 4.78 is 13.1. The van der Waals surface area contributed by atoms with Gasteiger partial charge in [0.15, 0.2) is 0 Å². The Morgan fingerprint density at radius 3 is 2.89 bits per heavy atom. The normalized spacial score (nSPS) is 10.8. The van der Waals surface area contributed by atoms with E-state index in [0.29, 0.717) is 6.54 Å². The molecule has 0 unspecified atom stereocenters. The Morgan fingerprint density at radius 1 is 1.33 bits per heavy atom. The summed E-state index contributed by atoms with van der Waals surface area (Å²) in [5, 5.41) is 6.54. The van der Waals surface area contributed by atoms with Crippen LogP contribution in [0.3, 0.4) is 0 Å². The van der Waals surface area contributed by atoms with Crippen LogP contribution >= 0.6 is 11.3 Å². The fraction of sp³-hybridized carbons (Fsp3) is 0.357. The van der Waals surface area contributed by atoms with Gasteiger partial charge in [0.05, 0.1) is 5.01 Å². The predicted octanol–water partition coefficient (Wildman–Crippen LogP) is 3.23. The van der Waals surface area contributed by atoms with E-state index in [4.69, 9.17) is 0 Å². The molecule has 0 spiro atoms. The first-order valence-electron chi connectivity index (χ1n) is 6.02. The SMILES string of the molecule is Cc1csc(CCNCc2cc(F)ccc2C)n1. The molecule has 0 fully saturated rings. The highest BCUT2D eigenvalue weighted by atomic mass is 32.1. The Balaban J connectivity index is 1.80. The second-order valence-electron chi connectivity index (χ2n) is 4.38. The molecule has 0 atom stereocenters. The van der Waals surface area contributed by atoms with Gasteiger partial charge in [-0.15, -0.1) is 11.3 Å². The van der Waals surface area contributed by atoms with Crippen LogP contribution < -0.4 is 5.32 Å². The van der Waals surface area contributed by atoms with Crippen molar-refractivity contribution in [2.75, 3.05) is 6.54 Å². The molecule has 2 nitrogen and oxygen atoms in total. The monoisotopic (exact) mass is 264 g/mol. The van der Waals surface area contributed by atoms with Crippen LogP contribution in [0.5, 0.6) is 0 Å². The molecule has 0 bridgehead atoms. The van der Waals surface area contributed by atoms with Crippen molar-refractivity contribution in [3.63, 3.8) is 0 Å². The molecule has 18 heavy (non-hydrogen) atoms. The second-order valence-corrected chi connectivity index (χ2v) is 5.32. The molecule has 0 aliphatic rings. The third-order valence-electron chi connectivity index (χ3n) is 2.81. The molecule has 1 aromatic heterocycles. The van der Waals surface area contributed by atoms with Gasteiger partial charge in [-0.1, -0.05) is 6.07 Å². The standard InChI is InChI=1S/C14H17FN2S/c1-10-3-4-13(15)7-12(10)8-16-6-5-14-17-11(2)9-18-14/h3-4,7,9,16H,5-6,8H2,1-2H3. The third kappa shape index (κ3) is 3.62. The lowest BCUT2D eigenvalue weighted by Crippen LogP contribution is -2.17. The molecule has 0 radical (unpaired) electrons. The summed E-state index contributed by atoms with van der Waals surface area (Å²) in [5.41, 5.74) is 3.22.